The Morgan fingerprint density at radius 1 is 0.963 bits per heavy atom. The number of carbonyl (C=O) groups is 4. The van der Waals surface area contributed by atoms with Gasteiger partial charge in [0.25, 0.3) is 0 Å². The second-order valence-electron chi connectivity index (χ2n) is 5.27. The van der Waals surface area contributed by atoms with E-state index in [1.165, 1.54) is 14.0 Å². The molecular weight excluding hydrogens is 358 g/mol. The minimum Gasteiger partial charge on any atom is -0.459 e. The van der Waals surface area contributed by atoms with Crippen LogP contribution in [0.15, 0.2) is 30.3 Å². The van der Waals surface area contributed by atoms with Crippen molar-refractivity contribution in [1.82, 2.24) is 16.0 Å². The van der Waals surface area contributed by atoms with Gasteiger partial charge in [-0.1, -0.05) is 30.3 Å². The minimum atomic E-state index is -0.868. The lowest BCUT2D eigenvalue weighted by molar-refractivity contribution is -0.158. The summed E-state index contributed by atoms with van der Waals surface area (Å²) in [5, 5.41) is 6.84. The molecule has 0 aliphatic heterocycles. The van der Waals surface area contributed by atoms with Gasteiger partial charge >= 0.3 is 12.1 Å². The molecule has 27 heavy (non-hydrogen) atoms. The van der Waals surface area contributed by atoms with E-state index in [9.17, 15) is 19.2 Å². The highest BCUT2D eigenvalue weighted by atomic mass is 16.6. The molecule has 10 nitrogen and oxygen atoms in total. The lowest BCUT2D eigenvalue weighted by atomic mass is 10.2. The third kappa shape index (κ3) is 9.80. The number of amides is 3. The van der Waals surface area contributed by atoms with Crippen LogP contribution in [0.3, 0.4) is 0 Å². The molecule has 3 amide bonds. The number of hydrogen-bond acceptors (Lipinski definition) is 7. The Morgan fingerprint density at radius 3 is 2.26 bits per heavy atom. The molecule has 0 saturated heterocycles. The van der Waals surface area contributed by atoms with Gasteiger partial charge in [0.15, 0.2) is 6.10 Å². The van der Waals surface area contributed by atoms with Crippen LogP contribution in [0.4, 0.5) is 4.79 Å². The second kappa shape index (κ2) is 12.3. The molecule has 0 aromatic heterocycles. The van der Waals surface area contributed by atoms with Crippen LogP contribution in [0, 0.1) is 0 Å². The zero-order valence-corrected chi connectivity index (χ0v) is 15.2. The summed E-state index contributed by atoms with van der Waals surface area (Å²) >= 11 is 0. The van der Waals surface area contributed by atoms with Crippen LogP contribution >= 0.6 is 0 Å². The number of alkyl carbamates (subject to hydrolysis) is 1. The highest BCUT2D eigenvalue weighted by molar-refractivity contribution is 5.87. The van der Waals surface area contributed by atoms with E-state index in [4.69, 9.17) is 9.47 Å². The van der Waals surface area contributed by atoms with E-state index in [0.717, 1.165) is 5.56 Å². The number of nitrogens with one attached hydrogen (secondary N) is 3. The van der Waals surface area contributed by atoms with Crippen molar-refractivity contribution in [3.8, 4) is 0 Å². The number of hydrogen-bond donors (Lipinski definition) is 3. The Labute approximate surface area is 156 Å². The number of rotatable bonds is 10. The van der Waals surface area contributed by atoms with Crippen molar-refractivity contribution in [1.29, 1.82) is 0 Å². The number of ether oxygens (including phenoxy) is 3. The van der Waals surface area contributed by atoms with Gasteiger partial charge in [-0.3, -0.25) is 9.59 Å². The molecule has 1 atom stereocenters. The fourth-order valence-electron chi connectivity index (χ4n) is 1.69. The van der Waals surface area contributed by atoms with Gasteiger partial charge in [-0.25, -0.2) is 9.59 Å². The molecule has 3 N–H and O–H groups in total. The van der Waals surface area contributed by atoms with Crippen LogP contribution in [0.5, 0.6) is 0 Å². The first kappa shape index (κ1) is 21.9. The molecule has 0 bridgehead atoms. The standard InChI is InChI=1S/C17H23N3O7/c1-12(16(23)26-10-13-6-4-3-5-7-13)27-11-20-15(22)8-18-14(21)9-19-17(24)25-2/h3-7,12H,8-11H2,1-2H3,(H,18,21)(H,19,24)(H,20,22). The van der Waals surface area contributed by atoms with Gasteiger partial charge in [-0.2, -0.15) is 0 Å². The summed E-state index contributed by atoms with van der Waals surface area (Å²) in [6.45, 7) is 0.778. The molecular formula is C17H23N3O7. The average Bonchev–Trinajstić information content (AvgIpc) is 2.69. The molecule has 0 fully saturated rings. The molecule has 1 rings (SSSR count). The predicted molar refractivity (Wildman–Crippen MR) is 93.2 cm³/mol. The number of esters is 1. The van der Waals surface area contributed by atoms with Crippen molar-refractivity contribution < 1.29 is 33.4 Å². The zero-order chi connectivity index (χ0) is 20.1. The first-order valence-electron chi connectivity index (χ1n) is 8.09. The Bertz CT molecular complexity index is 637. The molecule has 1 unspecified atom stereocenters. The van der Waals surface area contributed by atoms with Crippen LogP contribution in [0.1, 0.15) is 12.5 Å². The molecule has 1 aromatic rings. The van der Waals surface area contributed by atoms with Crippen LogP contribution in [0.25, 0.3) is 0 Å². The van der Waals surface area contributed by atoms with Crippen molar-refractivity contribution >= 4 is 23.9 Å². The van der Waals surface area contributed by atoms with E-state index in [-0.39, 0.29) is 26.4 Å². The van der Waals surface area contributed by atoms with Crippen molar-refractivity contribution in [2.45, 2.75) is 19.6 Å². The summed E-state index contributed by atoms with van der Waals surface area (Å²) in [7, 11) is 1.17. The summed E-state index contributed by atoms with van der Waals surface area (Å²) in [5.74, 6) is -1.64. The van der Waals surface area contributed by atoms with Crippen molar-refractivity contribution in [3.05, 3.63) is 35.9 Å². The first-order valence-corrected chi connectivity index (χ1v) is 8.09. The van der Waals surface area contributed by atoms with Crippen LogP contribution in [0.2, 0.25) is 0 Å². The summed E-state index contributed by atoms with van der Waals surface area (Å²) < 4.78 is 14.6. The monoisotopic (exact) mass is 381 g/mol. The van der Waals surface area contributed by atoms with Gasteiger partial charge < -0.3 is 30.2 Å². The van der Waals surface area contributed by atoms with Gasteiger partial charge in [-0.05, 0) is 12.5 Å². The number of benzene rings is 1. The molecule has 0 spiro atoms. The maximum absolute atomic E-state index is 11.8. The topological polar surface area (TPSA) is 132 Å². The molecule has 0 radical (unpaired) electrons. The smallest absolute Gasteiger partial charge is 0.407 e. The largest absolute Gasteiger partial charge is 0.459 e. The fourth-order valence-corrected chi connectivity index (χ4v) is 1.69. The van der Waals surface area contributed by atoms with Gasteiger partial charge in [0.05, 0.1) is 13.7 Å². The van der Waals surface area contributed by atoms with E-state index in [0.29, 0.717) is 0 Å². The van der Waals surface area contributed by atoms with Gasteiger partial charge in [0, 0.05) is 0 Å². The Morgan fingerprint density at radius 2 is 1.59 bits per heavy atom. The van der Waals surface area contributed by atoms with Crippen LogP contribution < -0.4 is 16.0 Å². The summed E-state index contributed by atoms with van der Waals surface area (Å²) in [6, 6.07) is 9.19. The Hall–Kier alpha value is -3.14. The Balaban J connectivity index is 2.14. The third-order valence-electron chi connectivity index (χ3n) is 3.18. The maximum Gasteiger partial charge on any atom is 0.407 e. The number of carbonyl (C=O) groups excluding carboxylic acids is 4. The number of methoxy groups -OCH3 is 1. The normalized spacial score (nSPS) is 11.0. The van der Waals surface area contributed by atoms with Crippen molar-refractivity contribution in [2.24, 2.45) is 0 Å². The van der Waals surface area contributed by atoms with E-state index in [2.05, 4.69) is 20.7 Å². The molecule has 0 aliphatic rings. The summed E-state index contributed by atoms with van der Waals surface area (Å²) in [5.41, 5.74) is 0.851. The Kier molecular flexibility index (Phi) is 9.94. The van der Waals surface area contributed by atoms with Crippen molar-refractivity contribution in [3.63, 3.8) is 0 Å². The molecule has 0 aliphatic carbocycles. The molecule has 10 heteroatoms. The summed E-state index contributed by atoms with van der Waals surface area (Å²) in [6.07, 6.45) is -1.62. The average molecular weight is 381 g/mol. The first-order chi connectivity index (χ1) is 12.9. The highest BCUT2D eigenvalue weighted by Crippen LogP contribution is 2.03. The van der Waals surface area contributed by atoms with E-state index < -0.39 is 30.0 Å². The zero-order valence-electron chi connectivity index (χ0n) is 15.2. The molecule has 0 heterocycles. The van der Waals surface area contributed by atoms with Gasteiger partial charge in [0.2, 0.25) is 11.8 Å². The SMILES string of the molecule is COC(=O)NCC(=O)NCC(=O)NCOC(C)C(=O)OCc1ccccc1. The lowest BCUT2D eigenvalue weighted by Crippen LogP contribution is -2.42. The second-order valence-corrected chi connectivity index (χ2v) is 5.27. The van der Waals surface area contributed by atoms with Crippen LogP contribution in [-0.2, 0) is 35.2 Å². The molecule has 1 aromatic carbocycles. The highest BCUT2D eigenvalue weighted by Gasteiger charge is 2.15. The van der Waals surface area contributed by atoms with Gasteiger partial charge in [-0.15, -0.1) is 0 Å². The van der Waals surface area contributed by atoms with E-state index in [1.54, 1.807) is 0 Å². The molecule has 0 saturated carbocycles. The van der Waals surface area contributed by atoms with E-state index >= 15 is 0 Å². The van der Waals surface area contributed by atoms with Gasteiger partial charge in [0.1, 0.15) is 19.9 Å². The lowest BCUT2D eigenvalue weighted by Gasteiger charge is -2.13. The quantitative estimate of drug-likeness (QED) is 0.374. The van der Waals surface area contributed by atoms with Crippen LogP contribution in [-0.4, -0.2) is 56.9 Å². The predicted octanol–water partition coefficient (Wildman–Crippen LogP) is -0.319. The molecule has 148 valence electrons. The minimum absolute atomic E-state index is 0.130. The summed E-state index contributed by atoms with van der Waals surface area (Å²) in [4.78, 5) is 45.5. The maximum atomic E-state index is 11.8. The van der Waals surface area contributed by atoms with E-state index in [1.807, 2.05) is 30.3 Å². The van der Waals surface area contributed by atoms with Crippen molar-refractivity contribution in [2.75, 3.05) is 26.9 Å². The fraction of sp³-hybridized carbons (Fsp3) is 0.412. The third-order valence-corrected chi connectivity index (χ3v) is 3.18.